The Morgan fingerprint density at radius 1 is 0.585 bits per heavy atom. The maximum Gasteiger partial charge on any atom is 0.255 e. The van der Waals surface area contributed by atoms with Crippen LogP contribution in [0.5, 0.6) is 11.5 Å². The zero-order valence-electron chi connectivity index (χ0n) is 45.8. The molecule has 5 aliphatic heterocycles. The molecule has 0 saturated carbocycles. The summed E-state index contributed by atoms with van der Waals surface area (Å²) in [5.41, 5.74) is 12.3. The summed E-state index contributed by atoms with van der Waals surface area (Å²) in [6.07, 6.45) is -8.46. The number of hydrogen-bond acceptors (Lipinski definition) is 24. The first kappa shape index (κ1) is 56.7. The van der Waals surface area contributed by atoms with E-state index >= 15 is 0 Å². The number of carbonyl (C=O) groups is 1. The molecule has 5 aliphatic rings. The molecule has 28 heteroatoms. The number of hydrogen-bond donors (Lipinski definition) is 10. The monoisotopic (exact) mass is 1130 g/mol. The van der Waals surface area contributed by atoms with Gasteiger partial charge >= 0.3 is 0 Å². The van der Waals surface area contributed by atoms with Crippen molar-refractivity contribution in [3.05, 3.63) is 130 Å². The van der Waals surface area contributed by atoms with Gasteiger partial charge in [-0.25, -0.2) is 4.68 Å². The quantitative estimate of drug-likeness (QED) is 0.0399. The van der Waals surface area contributed by atoms with Crippen LogP contribution in [0, 0.1) is 0 Å². The fourth-order valence-corrected chi connectivity index (χ4v) is 11.8. The zero-order chi connectivity index (χ0) is 57.6. The van der Waals surface area contributed by atoms with Crippen LogP contribution in [0.4, 0.5) is 11.4 Å². The second-order valence-electron chi connectivity index (χ2n) is 21.1. The Balaban J connectivity index is 0.818. The molecule has 6 aromatic rings. The van der Waals surface area contributed by atoms with Gasteiger partial charge in [-0.1, -0.05) is 46.0 Å². The second kappa shape index (κ2) is 23.6. The molecule has 0 bridgehead atoms. The summed E-state index contributed by atoms with van der Waals surface area (Å²) in [6.45, 7) is 13.0. The fraction of sp³-hybridized carbons (Fsp3) is 0.500. The third-order valence-corrected chi connectivity index (χ3v) is 16.1. The number of amides is 1. The molecule has 0 aliphatic carbocycles. The number of ether oxygens (including phenoxy) is 3. The first-order valence-electron chi connectivity index (χ1n) is 27.6. The molecular weight excluding hydrogens is 1060 g/mol. The number of hydrazine groups is 2. The number of nitrogens with zero attached hydrogens (tertiary/aromatic N) is 14. The number of anilines is 2. The summed E-state index contributed by atoms with van der Waals surface area (Å²) in [6, 6.07) is 20.3. The van der Waals surface area contributed by atoms with Gasteiger partial charge in [-0.15, -0.1) is 20.8 Å². The maximum atomic E-state index is 15.0. The van der Waals surface area contributed by atoms with Crippen molar-refractivity contribution in [2.75, 3.05) is 49.1 Å². The van der Waals surface area contributed by atoms with Crippen LogP contribution < -0.4 is 25.5 Å². The average Bonchev–Trinajstić information content (AvgIpc) is 1.57. The normalized spacial score (nSPS) is 25.5. The molecule has 3 aromatic heterocycles. The lowest BCUT2D eigenvalue weighted by atomic mass is 9.74. The molecule has 2 saturated heterocycles. The van der Waals surface area contributed by atoms with Crippen LogP contribution in [0.2, 0.25) is 0 Å². The summed E-state index contributed by atoms with van der Waals surface area (Å²) >= 11 is 0. The molecule has 10 atom stereocenters. The predicted octanol–water partition coefficient (Wildman–Crippen LogP) is -1.32. The Labute approximate surface area is 471 Å². The van der Waals surface area contributed by atoms with E-state index in [0.29, 0.717) is 52.9 Å². The highest BCUT2D eigenvalue weighted by molar-refractivity contribution is 6.02. The number of nitrogens with one attached hydrogen (secondary N) is 2. The zero-order valence-corrected chi connectivity index (χ0v) is 45.8. The van der Waals surface area contributed by atoms with Crippen molar-refractivity contribution in [1.29, 1.82) is 0 Å². The molecule has 1 spiro atoms. The van der Waals surface area contributed by atoms with Crippen molar-refractivity contribution in [1.82, 2.24) is 70.8 Å². The first-order chi connectivity index (χ1) is 39.6. The van der Waals surface area contributed by atoms with E-state index in [1.165, 1.54) is 4.68 Å². The number of aromatic nitrogens is 9. The number of benzene rings is 3. The molecule has 10 N–H and O–H groups in total. The molecule has 0 radical (unpaired) electrons. The Kier molecular flexibility index (Phi) is 16.3. The van der Waals surface area contributed by atoms with Gasteiger partial charge in [0.1, 0.15) is 71.6 Å². The molecule has 28 nitrogen and oxygen atoms in total. The standard InChI is InChI=1S/C54H70N16O12/c1-5-64(6-2)34-13-15-39-41(19-34)80-42-20-35(65(7-3)8-4)14-16-40(42)54(39)38-12-10-9-11-37(38)51(77)69(54)27-33-25-67(61-58-33)18-17-66-24-31(56-60-66)22-63(23-32-26-68(62-57-32)29-43-45(71)47(73)49(75)52(78)81-43)28-36-21-55-59-70(36)30-44-46(72)48(74)50(76)53(79)82-44/h9-16,19-21,24-26,43-50,52-53,55,59,71-76,78-79H,5-8,17-18,22-23,27-30H2,1-4H3/t43?,44?,45-,46-,47?,48?,49?,50?,52-,53-/m0/s1. The minimum Gasteiger partial charge on any atom is -0.456 e. The highest BCUT2D eigenvalue weighted by Gasteiger charge is 2.57. The molecule has 1 amide bonds. The van der Waals surface area contributed by atoms with E-state index < -0.39 is 67.0 Å². The number of carbonyl (C=O) groups excluding carboxylic acids is 1. The summed E-state index contributed by atoms with van der Waals surface area (Å²) in [5, 5.41) is 110. The summed E-state index contributed by atoms with van der Waals surface area (Å²) in [7, 11) is 0. The van der Waals surface area contributed by atoms with Crippen molar-refractivity contribution >= 4 is 17.3 Å². The molecule has 3 aromatic carbocycles. The van der Waals surface area contributed by atoms with E-state index in [0.717, 1.165) is 54.2 Å². The van der Waals surface area contributed by atoms with Gasteiger partial charge in [-0.2, -0.15) is 0 Å². The number of aliphatic hydroxyl groups excluding tert-OH is 8. The van der Waals surface area contributed by atoms with Crippen LogP contribution in [-0.4, -0.2) is 207 Å². The van der Waals surface area contributed by atoms with Gasteiger partial charge in [0.2, 0.25) is 0 Å². The number of aryl methyl sites for hydroxylation is 2. The summed E-state index contributed by atoms with van der Waals surface area (Å²) in [5.74, 6) is 1.20. The molecular formula is C54H70N16O12. The molecule has 8 heterocycles. The fourth-order valence-electron chi connectivity index (χ4n) is 11.8. The van der Waals surface area contributed by atoms with Gasteiger partial charge in [0, 0.05) is 105 Å². The topological polar surface area (TPSA) is 339 Å². The van der Waals surface area contributed by atoms with Crippen molar-refractivity contribution in [3.8, 4) is 11.5 Å². The lowest BCUT2D eigenvalue weighted by Gasteiger charge is -2.44. The molecule has 438 valence electrons. The van der Waals surface area contributed by atoms with Gasteiger partial charge in [-0.3, -0.25) is 24.1 Å². The van der Waals surface area contributed by atoms with Crippen LogP contribution in [0.15, 0.2) is 91.2 Å². The Hall–Kier alpha value is -7.19. The smallest absolute Gasteiger partial charge is 0.255 e. The number of rotatable bonds is 21. The van der Waals surface area contributed by atoms with Crippen LogP contribution in [0.1, 0.15) is 71.8 Å². The second-order valence-corrected chi connectivity index (χ2v) is 21.1. The minimum atomic E-state index is -1.73. The van der Waals surface area contributed by atoms with Gasteiger partial charge in [0.05, 0.1) is 56.0 Å². The van der Waals surface area contributed by atoms with E-state index in [2.05, 4.69) is 116 Å². The third-order valence-electron chi connectivity index (χ3n) is 16.1. The SMILES string of the molecule is CCN(CC)c1ccc2c(c1)Oc1cc(N(CC)CC)ccc1C21c2ccccc2C(=O)N1Cc1cn(CCn2cc(CN(CC3=CNNN3CC3O[C@H](O)C(O)C(O)[C@H]3O)Cc3cn(CC4O[C@H](O)C(O)C(O)[C@H]4O)nn3)nn2)nn1. The van der Waals surface area contributed by atoms with Gasteiger partial charge in [-0.05, 0) is 51.5 Å². The molecule has 6 unspecified atom stereocenters. The van der Waals surface area contributed by atoms with Crippen LogP contribution in [-0.2, 0) is 54.3 Å². The lowest BCUT2D eigenvalue weighted by molar-refractivity contribution is -0.284. The summed E-state index contributed by atoms with van der Waals surface area (Å²) < 4.78 is 22.5. The highest BCUT2D eigenvalue weighted by atomic mass is 16.6. The van der Waals surface area contributed by atoms with Crippen molar-refractivity contribution in [3.63, 3.8) is 0 Å². The Morgan fingerprint density at radius 2 is 1.10 bits per heavy atom. The number of fused-ring (bicyclic) bond motifs is 6. The van der Waals surface area contributed by atoms with Crippen LogP contribution in [0.3, 0.4) is 0 Å². The largest absolute Gasteiger partial charge is 0.456 e. The van der Waals surface area contributed by atoms with E-state index in [1.807, 2.05) is 40.3 Å². The minimum absolute atomic E-state index is 0.0587. The Bertz CT molecular complexity index is 3180. The summed E-state index contributed by atoms with van der Waals surface area (Å²) in [4.78, 5) is 23.4. The van der Waals surface area contributed by atoms with Crippen molar-refractivity contribution in [2.24, 2.45) is 0 Å². The van der Waals surface area contributed by atoms with E-state index in [9.17, 15) is 45.6 Å². The van der Waals surface area contributed by atoms with Crippen molar-refractivity contribution < 1.29 is 59.9 Å². The molecule has 2 fully saturated rings. The van der Waals surface area contributed by atoms with Crippen LogP contribution >= 0.6 is 0 Å². The van der Waals surface area contributed by atoms with Gasteiger partial charge < -0.3 is 75.2 Å². The van der Waals surface area contributed by atoms with Crippen LogP contribution in [0.25, 0.3) is 0 Å². The predicted molar refractivity (Wildman–Crippen MR) is 289 cm³/mol. The highest BCUT2D eigenvalue weighted by Crippen LogP contribution is 2.58. The third kappa shape index (κ3) is 10.6. The van der Waals surface area contributed by atoms with Gasteiger partial charge in [0.25, 0.3) is 5.91 Å². The number of aliphatic hydroxyl groups is 8. The molecule has 11 rings (SSSR count). The van der Waals surface area contributed by atoms with E-state index in [1.54, 1.807) is 33.0 Å². The average molecular weight is 1140 g/mol. The maximum absolute atomic E-state index is 15.0. The van der Waals surface area contributed by atoms with Crippen molar-refractivity contribution in [2.45, 2.75) is 134 Å². The van der Waals surface area contributed by atoms with E-state index in [-0.39, 0.29) is 45.2 Å². The Morgan fingerprint density at radius 3 is 1.67 bits per heavy atom. The lowest BCUT2D eigenvalue weighted by Crippen LogP contribution is -2.60. The first-order valence-corrected chi connectivity index (χ1v) is 27.6. The van der Waals surface area contributed by atoms with E-state index in [4.69, 9.17) is 14.2 Å². The van der Waals surface area contributed by atoms with Gasteiger partial charge in [0.15, 0.2) is 12.6 Å². The molecule has 82 heavy (non-hydrogen) atoms.